The third-order valence-corrected chi connectivity index (χ3v) is 6.38. The van der Waals surface area contributed by atoms with Gasteiger partial charge in [-0.1, -0.05) is 6.92 Å². The molecule has 0 fully saturated rings. The van der Waals surface area contributed by atoms with Gasteiger partial charge in [-0.2, -0.15) is 5.26 Å². The normalized spacial score (nSPS) is 12.8. The number of carbonyl (C=O) groups is 2. The number of thiophene rings is 1. The van der Waals surface area contributed by atoms with Crippen molar-refractivity contribution in [2.45, 2.75) is 31.7 Å². The van der Waals surface area contributed by atoms with E-state index in [1.54, 1.807) is 35.7 Å². The van der Waals surface area contributed by atoms with Gasteiger partial charge in [-0.05, 0) is 48.9 Å². The quantitative estimate of drug-likeness (QED) is 0.727. The van der Waals surface area contributed by atoms with E-state index in [4.69, 9.17) is 4.74 Å². The second kappa shape index (κ2) is 9.13. The number of nitriles is 1. The van der Waals surface area contributed by atoms with Gasteiger partial charge in [0.15, 0.2) is 0 Å². The molecule has 8 heteroatoms. The number of hydrogen-bond acceptors (Lipinski definition) is 6. The van der Waals surface area contributed by atoms with Gasteiger partial charge in [-0.15, -0.1) is 23.1 Å². The molecule has 28 heavy (non-hydrogen) atoms. The number of anilines is 1. The molecule has 2 aromatic rings. The maximum atomic E-state index is 12.6. The fourth-order valence-corrected chi connectivity index (χ4v) is 4.90. The van der Waals surface area contributed by atoms with Crippen molar-refractivity contribution in [2.24, 2.45) is 0 Å². The third-order valence-electron chi connectivity index (χ3n) is 4.35. The lowest BCUT2D eigenvalue weighted by Gasteiger charge is -2.25. The summed E-state index contributed by atoms with van der Waals surface area (Å²) in [7, 11) is 0. The van der Waals surface area contributed by atoms with Gasteiger partial charge in [0.05, 0.1) is 18.7 Å². The van der Waals surface area contributed by atoms with Crippen molar-refractivity contribution in [3.63, 3.8) is 0 Å². The first kappa shape index (κ1) is 20.2. The monoisotopic (exact) mass is 415 g/mol. The minimum absolute atomic E-state index is 0.245. The van der Waals surface area contributed by atoms with Crippen molar-refractivity contribution in [1.82, 2.24) is 4.90 Å². The summed E-state index contributed by atoms with van der Waals surface area (Å²) in [5.74, 6) is 0.728. The fourth-order valence-electron chi connectivity index (χ4n) is 3.02. The summed E-state index contributed by atoms with van der Waals surface area (Å²) in [5.41, 5.74) is 1.96. The number of rotatable bonds is 5. The third kappa shape index (κ3) is 4.32. The van der Waals surface area contributed by atoms with Crippen LogP contribution in [-0.2, 0) is 17.7 Å². The Morgan fingerprint density at radius 3 is 2.71 bits per heavy atom. The van der Waals surface area contributed by atoms with Gasteiger partial charge < -0.3 is 15.0 Å². The van der Waals surface area contributed by atoms with Crippen molar-refractivity contribution in [2.75, 3.05) is 24.2 Å². The molecule has 3 rings (SSSR count). The maximum Gasteiger partial charge on any atom is 0.410 e. The highest BCUT2D eigenvalue weighted by Crippen LogP contribution is 2.37. The van der Waals surface area contributed by atoms with Gasteiger partial charge in [-0.25, -0.2) is 4.79 Å². The van der Waals surface area contributed by atoms with Gasteiger partial charge in [-0.3, -0.25) is 4.79 Å². The molecule has 1 aliphatic heterocycles. The average molecular weight is 416 g/mol. The number of hydrogen-bond donors (Lipinski definition) is 1. The molecule has 0 radical (unpaired) electrons. The lowest BCUT2D eigenvalue weighted by Crippen LogP contribution is -2.35. The van der Waals surface area contributed by atoms with E-state index < -0.39 is 0 Å². The molecule has 2 amide bonds. The largest absolute Gasteiger partial charge is 0.450 e. The molecule has 0 spiro atoms. The Bertz CT molecular complexity index is 916. The van der Waals surface area contributed by atoms with Gasteiger partial charge in [0.25, 0.3) is 5.91 Å². The van der Waals surface area contributed by atoms with E-state index in [0.29, 0.717) is 42.2 Å². The van der Waals surface area contributed by atoms with E-state index in [1.807, 2.05) is 12.1 Å². The topological polar surface area (TPSA) is 82.4 Å². The van der Waals surface area contributed by atoms with Gasteiger partial charge in [0.1, 0.15) is 11.1 Å². The van der Waals surface area contributed by atoms with Crippen molar-refractivity contribution >= 4 is 40.1 Å². The van der Waals surface area contributed by atoms with Crippen LogP contribution in [0.5, 0.6) is 0 Å². The maximum absolute atomic E-state index is 12.6. The summed E-state index contributed by atoms with van der Waals surface area (Å²) in [6, 6.07) is 9.63. The highest BCUT2D eigenvalue weighted by Gasteiger charge is 2.28. The first-order chi connectivity index (χ1) is 13.6. The lowest BCUT2D eigenvalue weighted by molar-refractivity contribution is 0.102. The molecule has 1 aromatic carbocycles. The first-order valence-corrected chi connectivity index (χ1v) is 10.9. The highest BCUT2D eigenvalue weighted by molar-refractivity contribution is 7.99. The molecule has 0 unspecified atom stereocenters. The van der Waals surface area contributed by atoms with Crippen molar-refractivity contribution < 1.29 is 14.3 Å². The molecule has 146 valence electrons. The zero-order valence-electron chi connectivity index (χ0n) is 15.8. The molecule has 0 saturated heterocycles. The van der Waals surface area contributed by atoms with Crippen LogP contribution in [0.2, 0.25) is 0 Å². The van der Waals surface area contributed by atoms with Crippen molar-refractivity contribution in [1.29, 1.82) is 5.26 Å². The molecule has 0 bridgehead atoms. The van der Waals surface area contributed by atoms with Crippen LogP contribution in [0.15, 0.2) is 29.2 Å². The van der Waals surface area contributed by atoms with E-state index in [0.717, 1.165) is 21.1 Å². The summed E-state index contributed by atoms with van der Waals surface area (Å²) >= 11 is 3.07. The van der Waals surface area contributed by atoms with Crippen LogP contribution < -0.4 is 5.32 Å². The summed E-state index contributed by atoms with van der Waals surface area (Å²) in [5, 5.41) is 13.0. The average Bonchev–Trinajstić information content (AvgIpc) is 3.05. The molecule has 0 aliphatic carbocycles. The smallest absolute Gasteiger partial charge is 0.410 e. The van der Waals surface area contributed by atoms with Crippen LogP contribution in [0, 0.1) is 11.3 Å². The molecule has 2 heterocycles. The number of nitrogens with one attached hydrogen (secondary N) is 1. The van der Waals surface area contributed by atoms with Gasteiger partial charge >= 0.3 is 6.09 Å². The molecule has 0 atom stereocenters. The van der Waals surface area contributed by atoms with Crippen LogP contribution in [0.25, 0.3) is 0 Å². The number of thioether (sulfide) groups is 1. The Labute approximate surface area is 172 Å². The van der Waals surface area contributed by atoms with E-state index >= 15 is 0 Å². The Hall–Kier alpha value is -2.50. The SMILES string of the molecule is CCOC(=O)N1CCc2c(sc(NC(=O)c3ccc(SCC)cc3)c2C#N)C1. The molecular formula is C20H21N3O3S2. The zero-order valence-corrected chi connectivity index (χ0v) is 17.4. The van der Waals surface area contributed by atoms with Gasteiger partial charge in [0, 0.05) is 21.9 Å². The van der Waals surface area contributed by atoms with Crippen LogP contribution in [-0.4, -0.2) is 35.8 Å². The number of amides is 2. The van der Waals surface area contributed by atoms with Crippen molar-refractivity contribution in [3.8, 4) is 6.07 Å². The standard InChI is InChI=1S/C20H21N3O3S2/c1-3-26-20(25)23-10-9-15-16(11-21)19(28-17(15)12-23)22-18(24)13-5-7-14(8-6-13)27-4-2/h5-8H,3-4,9-10,12H2,1-2H3,(H,22,24). The van der Waals surface area contributed by atoms with E-state index in [2.05, 4.69) is 18.3 Å². The number of fused-ring (bicyclic) bond motifs is 1. The minimum atomic E-state index is -0.351. The Kier molecular flexibility index (Phi) is 6.60. The summed E-state index contributed by atoms with van der Waals surface area (Å²) in [4.78, 5) is 28.2. The number of benzene rings is 1. The first-order valence-electron chi connectivity index (χ1n) is 9.07. The zero-order chi connectivity index (χ0) is 20.1. The predicted octanol–water partition coefficient (Wildman–Crippen LogP) is 4.50. The van der Waals surface area contributed by atoms with Crippen LogP contribution in [0.4, 0.5) is 9.80 Å². The molecule has 1 aromatic heterocycles. The summed E-state index contributed by atoms with van der Waals surface area (Å²) in [6.07, 6.45) is 0.225. The molecule has 1 aliphatic rings. The van der Waals surface area contributed by atoms with E-state index in [9.17, 15) is 14.9 Å². The van der Waals surface area contributed by atoms with Crippen LogP contribution >= 0.6 is 23.1 Å². The molecule has 1 N–H and O–H groups in total. The highest BCUT2D eigenvalue weighted by atomic mass is 32.2. The Morgan fingerprint density at radius 1 is 1.32 bits per heavy atom. The summed E-state index contributed by atoms with van der Waals surface area (Å²) < 4.78 is 5.06. The molecule has 6 nitrogen and oxygen atoms in total. The van der Waals surface area contributed by atoms with Crippen molar-refractivity contribution in [3.05, 3.63) is 45.8 Å². The number of nitrogens with zero attached hydrogens (tertiary/aromatic N) is 2. The Morgan fingerprint density at radius 2 is 2.07 bits per heavy atom. The number of carbonyl (C=O) groups excluding carboxylic acids is 2. The second-order valence-electron chi connectivity index (χ2n) is 6.10. The van der Waals surface area contributed by atoms with Crippen LogP contribution in [0.3, 0.4) is 0 Å². The van der Waals surface area contributed by atoms with Gasteiger partial charge in [0.2, 0.25) is 0 Å². The van der Waals surface area contributed by atoms with Crippen LogP contribution in [0.1, 0.15) is 40.2 Å². The number of ether oxygens (including phenoxy) is 1. The van der Waals surface area contributed by atoms with E-state index in [1.165, 1.54) is 11.3 Å². The van der Waals surface area contributed by atoms with E-state index in [-0.39, 0.29) is 12.0 Å². The predicted molar refractivity (Wildman–Crippen MR) is 111 cm³/mol. The summed E-state index contributed by atoms with van der Waals surface area (Å²) in [6.45, 7) is 5.07. The Balaban J connectivity index is 1.77. The second-order valence-corrected chi connectivity index (χ2v) is 8.54. The molecular weight excluding hydrogens is 394 g/mol. The molecule has 0 saturated carbocycles. The fraction of sp³-hybridized carbons (Fsp3) is 0.350. The lowest BCUT2D eigenvalue weighted by atomic mass is 10.0. The minimum Gasteiger partial charge on any atom is -0.450 e.